The van der Waals surface area contributed by atoms with E-state index in [4.69, 9.17) is 18.0 Å². The van der Waals surface area contributed by atoms with Gasteiger partial charge in [0.05, 0.1) is 4.99 Å². The lowest BCUT2D eigenvalue weighted by atomic mass is 9.95. The zero-order valence-electron chi connectivity index (χ0n) is 9.31. The van der Waals surface area contributed by atoms with Crippen molar-refractivity contribution in [2.75, 3.05) is 0 Å². The summed E-state index contributed by atoms with van der Waals surface area (Å²) in [4.78, 5) is 25.8. The third-order valence-electron chi connectivity index (χ3n) is 3.54. The first-order valence-electron chi connectivity index (χ1n) is 5.66. The SMILES string of the molecule is CC(CC(N)=S)N1C(=O)C2CCC(C2)C1=O. The predicted octanol–water partition coefficient (Wildman–Crippen LogP) is 0.836. The minimum Gasteiger partial charge on any atom is -0.393 e. The largest absolute Gasteiger partial charge is 0.393 e. The summed E-state index contributed by atoms with van der Waals surface area (Å²) in [5, 5.41) is 0. The van der Waals surface area contributed by atoms with E-state index in [1.807, 2.05) is 6.92 Å². The van der Waals surface area contributed by atoms with Crippen LogP contribution >= 0.6 is 12.2 Å². The Morgan fingerprint density at radius 2 is 1.94 bits per heavy atom. The summed E-state index contributed by atoms with van der Waals surface area (Å²) in [7, 11) is 0. The van der Waals surface area contributed by atoms with Crippen molar-refractivity contribution in [3.05, 3.63) is 0 Å². The van der Waals surface area contributed by atoms with E-state index in [2.05, 4.69) is 0 Å². The Morgan fingerprint density at radius 3 is 2.38 bits per heavy atom. The van der Waals surface area contributed by atoms with E-state index < -0.39 is 0 Å². The van der Waals surface area contributed by atoms with Crippen LogP contribution in [0, 0.1) is 11.8 Å². The highest BCUT2D eigenvalue weighted by atomic mass is 32.1. The fourth-order valence-electron chi connectivity index (χ4n) is 2.75. The van der Waals surface area contributed by atoms with Crippen molar-refractivity contribution in [3.63, 3.8) is 0 Å². The maximum Gasteiger partial charge on any atom is 0.232 e. The molecule has 1 aliphatic heterocycles. The van der Waals surface area contributed by atoms with Crippen molar-refractivity contribution in [2.45, 2.75) is 38.6 Å². The van der Waals surface area contributed by atoms with Crippen LogP contribution in [-0.4, -0.2) is 27.7 Å². The first-order valence-corrected chi connectivity index (χ1v) is 6.06. The molecule has 1 heterocycles. The minimum atomic E-state index is -0.194. The molecule has 1 aliphatic carbocycles. The number of hydrogen-bond acceptors (Lipinski definition) is 3. The summed E-state index contributed by atoms with van der Waals surface area (Å²) in [5.74, 6) is 0.0537. The normalized spacial score (nSPS) is 30.7. The second-order valence-corrected chi connectivity index (χ2v) is 5.30. The van der Waals surface area contributed by atoms with E-state index >= 15 is 0 Å². The van der Waals surface area contributed by atoms with E-state index in [-0.39, 0.29) is 29.7 Å². The van der Waals surface area contributed by atoms with Gasteiger partial charge in [0.25, 0.3) is 0 Å². The van der Waals surface area contributed by atoms with Crippen LogP contribution in [0.1, 0.15) is 32.6 Å². The van der Waals surface area contributed by atoms with Crippen molar-refractivity contribution in [1.82, 2.24) is 4.90 Å². The molecule has 5 heteroatoms. The Balaban J connectivity index is 2.16. The van der Waals surface area contributed by atoms with Crippen LogP contribution in [0.2, 0.25) is 0 Å². The zero-order valence-corrected chi connectivity index (χ0v) is 10.1. The molecule has 2 amide bonds. The fourth-order valence-corrected chi connectivity index (χ4v) is 2.99. The van der Waals surface area contributed by atoms with Gasteiger partial charge in [-0.3, -0.25) is 14.5 Å². The molecule has 1 saturated carbocycles. The number of hydrogen-bond donors (Lipinski definition) is 1. The quantitative estimate of drug-likeness (QED) is 0.586. The van der Waals surface area contributed by atoms with Gasteiger partial charge in [-0.2, -0.15) is 0 Å². The van der Waals surface area contributed by atoms with Gasteiger partial charge in [-0.15, -0.1) is 0 Å². The number of carbonyl (C=O) groups excluding carboxylic acids is 2. The lowest BCUT2D eigenvalue weighted by Gasteiger charge is -2.34. The Morgan fingerprint density at radius 1 is 1.44 bits per heavy atom. The molecule has 88 valence electrons. The lowest BCUT2D eigenvalue weighted by Crippen LogP contribution is -2.51. The number of nitrogens with zero attached hydrogens (tertiary/aromatic N) is 1. The molecule has 0 radical (unpaired) electrons. The van der Waals surface area contributed by atoms with Gasteiger partial charge in [0, 0.05) is 24.3 Å². The lowest BCUT2D eigenvalue weighted by molar-refractivity contribution is -0.155. The van der Waals surface area contributed by atoms with E-state index in [1.54, 1.807) is 0 Å². The molecule has 4 nitrogen and oxygen atoms in total. The van der Waals surface area contributed by atoms with Gasteiger partial charge in [-0.1, -0.05) is 12.2 Å². The van der Waals surface area contributed by atoms with Crippen molar-refractivity contribution in [1.29, 1.82) is 0 Å². The minimum absolute atomic E-state index is 0.0255. The summed E-state index contributed by atoms with van der Waals surface area (Å²) in [6, 6.07) is -0.194. The van der Waals surface area contributed by atoms with Gasteiger partial charge in [-0.25, -0.2) is 0 Å². The molecule has 2 fully saturated rings. The monoisotopic (exact) mass is 240 g/mol. The predicted molar refractivity (Wildman–Crippen MR) is 63.5 cm³/mol. The molecule has 2 bridgehead atoms. The third-order valence-corrected chi connectivity index (χ3v) is 3.71. The first kappa shape index (κ1) is 11.5. The molecule has 0 aromatic carbocycles. The van der Waals surface area contributed by atoms with Crippen LogP contribution < -0.4 is 5.73 Å². The summed E-state index contributed by atoms with van der Waals surface area (Å²) in [6.45, 7) is 1.83. The number of piperidine rings is 1. The van der Waals surface area contributed by atoms with Crippen LogP contribution in [0.4, 0.5) is 0 Å². The Bertz CT molecular complexity index is 334. The van der Waals surface area contributed by atoms with Crippen LogP contribution in [0.5, 0.6) is 0 Å². The average molecular weight is 240 g/mol. The highest BCUT2D eigenvalue weighted by molar-refractivity contribution is 7.80. The van der Waals surface area contributed by atoms with Gasteiger partial charge >= 0.3 is 0 Å². The van der Waals surface area contributed by atoms with Crippen LogP contribution in [0.3, 0.4) is 0 Å². The number of amides is 2. The van der Waals surface area contributed by atoms with Crippen LogP contribution in [0.25, 0.3) is 0 Å². The molecule has 3 unspecified atom stereocenters. The standard InChI is InChI=1S/C11H16N2O2S/c1-6(4-9(12)16)13-10(14)7-2-3-8(5-7)11(13)15/h6-8H,2-5H2,1H3,(H2,12,16). The molecule has 16 heavy (non-hydrogen) atoms. The number of carbonyl (C=O) groups is 2. The second-order valence-electron chi connectivity index (χ2n) is 4.77. The topological polar surface area (TPSA) is 63.4 Å². The molecule has 2 aliphatic rings. The van der Waals surface area contributed by atoms with E-state index in [9.17, 15) is 9.59 Å². The van der Waals surface area contributed by atoms with Gasteiger partial charge < -0.3 is 5.73 Å². The number of thiocarbonyl (C=S) groups is 1. The molecule has 2 rings (SSSR count). The third kappa shape index (κ3) is 1.84. The number of likely N-dealkylation sites (tertiary alicyclic amines) is 1. The van der Waals surface area contributed by atoms with Crippen LogP contribution in [0.15, 0.2) is 0 Å². The van der Waals surface area contributed by atoms with Gasteiger partial charge in [-0.05, 0) is 26.2 Å². The molecule has 0 aromatic rings. The van der Waals surface area contributed by atoms with Crippen molar-refractivity contribution in [3.8, 4) is 0 Å². The summed E-state index contributed by atoms with van der Waals surface area (Å²) in [6.07, 6.45) is 2.87. The molecule has 0 spiro atoms. The van der Waals surface area contributed by atoms with Crippen molar-refractivity contribution in [2.24, 2.45) is 17.6 Å². The molecule has 3 atom stereocenters. The van der Waals surface area contributed by atoms with Crippen molar-refractivity contribution < 1.29 is 9.59 Å². The Kier molecular flexibility index (Phi) is 2.97. The summed E-state index contributed by atoms with van der Waals surface area (Å²) >= 11 is 4.82. The summed E-state index contributed by atoms with van der Waals surface area (Å²) in [5.41, 5.74) is 5.46. The molecule has 1 saturated heterocycles. The van der Waals surface area contributed by atoms with Gasteiger partial charge in [0.2, 0.25) is 11.8 Å². The highest BCUT2D eigenvalue weighted by Gasteiger charge is 2.46. The Labute approximate surface area is 100 Å². The van der Waals surface area contributed by atoms with Crippen molar-refractivity contribution >= 4 is 29.0 Å². The molecule has 0 aromatic heterocycles. The Hall–Kier alpha value is -0.970. The molecule has 2 N–H and O–H groups in total. The maximum atomic E-state index is 12.0. The number of fused-ring (bicyclic) bond motifs is 2. The van der Waals surface area contributed by atoms with Gasteiger partial charge in [0.15, 0.2) is 0 Å². The maximum absolute atomic E-state index is 12.0. The zero-order chi connectivity index (χ0) is 11.9. The number of rotatable bonds is 3. The van der Waals surface area contributed by atoms with E-state index in [1.165, 1.54) is 4.90 Å². The fraction of sp³-hybridized carbons (Fsp3) is 0.727. The smallest absolute Gasteiger partial charge is 0.232 e. The highest BCUT2D eigenvalue weighted by Crippen LogP contribution is 2.39. The first-order chi connectivity index (χ1) is 7.50. The van der Waals surface area contributed by atoms with E-state index in [0.29, 0.717) is 11.4 Å². The molecular weight excluding hydrogens is 224 g/mol. The van der Waals surface area contributed by atoms with E-state index in [0.717, 1.165) is 19.3 Å². The molecular formula is C11H16N2O2S. The number of nitrogens with two attached hydrogens (primary N) is 1. The second kappa shape index (κ2) is 4.13. The summed E-state index contributed by atoms with van der Waals surface area (Å²) < 4.78 is 0. The average Bonchev–Trinajstić information content (AvgIpc) is 2.60. The van der Waals surface area contributed by atoms with Crippen LogP contribution in [-0.2, 0) is 9.59 Å². The van der Waals surface area contributed by atoms with Gasteiger partial charge in [0.1, 0.15) is 0 Å². The number of imide groups is 1.